The molecule has 8 heteroatoms. The Bertz CT molecular complexity index is 1140. The van der Waals surface area contributed by atoms with E-state index in [4.69, 9.17) is 0 Å². The van der Waals surface area contributed by atoms with Crippen molar-refractivity contribution in [2.24, 2.45) is 7.05 Å². The Labute approximate surface area is 142 Å². The zero-order chi connectivity index (χ0) is 17.4. The van der Waals surface area contributed by atoms with Crippen molar-refractivity contribution in [3.8, 4) is 0 Å². The molecule has 1 amide bonds. The first-order valence-electron chi connectivity index (χ1n) is 7.85. The summed E-state index contributed by atoms with van der Waals surface area (Å²) in [5.74, 6) is 0.375. The highest BCUT2D eigenvalue weighted by atomic mass is 16.2. The van der Waals surface area contributed by atoms with Crippen LogP contribution in [0.1, 0.15) is 5.82 Å². The van der Waals surface area contributed by atoms with Gasteiger partial charge in [-0.1, -0.05) is 18.2 Å². The standard InChI is InChI=1S/C17H16N6O2/c1-21-12-6-2-3-7-13(12)23(17(21)25)11-16(24)18-10-15-20-19-14-8-4-5-9-22(14)15/h2-9H,10-11H2,1H3,(H,18,24). The minimum absolute atomic E-state index is 0.0447. The minimum atomic E-state index is -0.258. The average molecular weight is 336 g/mol. The number of aromatic nitrogens is 5. The van der Waals surface area contributed by atoms with Gasteiger partial charge in [0.2, 0.25) is 5.91 Å². The third kappa shape index (κ3) is 2.57. The second-order valence-corrected chi connectivity index (χ2v) is 5.74. The Balaban J connectivity index is 1.53. The summed E-state index contributed by atoms with van der Waals surface area (Å²) < 4.78 is 4.81. The van der Waals surface area contributed by atoms with Crippen LogP contribution in [0.25, 0.3) is 16.7 Å². The van der Waals surface area contributed by atoms with Crippen LogP contribution in [0, 0.1) is 0 Å². The Hall–Kier alpha value is -3.42. The molecular weight excluding hydrogens is 320 g/mol. The number of pyridine rings is 1. The topological polar surface area (TPSA) is 86.2 Å². The molecule has 8 nitrogen and oxygen atoms in total. The van der Waals surface area contributed by atoms with Crippen LogP contribution in [-0.4, -0.2) is 29.6 Å². The molecule has 0 spiro atoms. The highest BCUT2D eigenvalue weighted by Crippen LogP contribution is 2.11. The number of carbonyl (C=O) groups excluding carboxylic acids is 1. The maximum absolute atomic E-state index is 12.4. The molecular formula is C17H16N6O2. The molecule has 126 valence electrons. The van der Waals surface area contributed by atoms with E-state index in [0.29, 0.717) is 5.82 Å². The van der Waals surface area contributed by atoms with Crippen LogP contribution in [0.15, 0.2) is 53.5 Å². The van der Waals surface area contributed by atoms with Crippen molar-refractivity contribution in [1.29, 1.82) is 0 Å². The molecule has 0 aliphatic carbocycles. The predicted octanol–water partition coefficient (Wildman–Crippen LogP) is 0.699. The summed E-state index contributed by atoms with van der Waals surface area (Å²) in [5, 5.41) is 10.9. The molecule has 0 unspecified atom stereocenters. The smallest absolute Gasteiger partial charge is 0.329 e. The maximum atomic E-state index is 12.4. The van der Waals surface area contributed by atoms with E-state index in [9.17, 15) is 9.59 Å². The molecule has 0 aliphatic rings. The Morgan fingerprint density at radius 2 is 1.84 bits per heavy atom. The summed E-state index contributed by atoms with van der Waals surface area (Å²) in [4.78, 5) is 24.7. The number of hydrogen-bond donors (Lipinski definition) is 1. The molecule has 0 bridgehead atoms. The van der Waals surface area contributed by atoms with Gasteiger partial charge in [-0.15, -0.1) is 10.2 Å². The van der Waals surface area contributed by atoms with Crippen LogP contribution in [0.3, 0.4) is 0 Å². The molecule has 25 heavy (non-hydrogen) atoms. The van der Waals surface area contributed by atoms with Gasteiger partial charge < -0.3 is 5.32 Å². The van der Waals surface area contributed by atoms with Gasteiger partial charge >= 0.3 is 5.69 Å². The fourth-order valence-corrected chi connectivity index (χ4v) is 2.90. The first-order valence-corrected chi connectivity index (χ1v) is 7.85. The predicted molar refractivity (Wildman–Crippen MR) is 92.0 cm³/mol. The van der Waals surface area contributed by atoms with E-state index in [1.165, 1.54) is 9.13 Å². The number of aryl methyl sites for hydroxylation is 1. The number of fused-ring (bicyclic) bond motifs is 2. The van der Waals surface area contributed by atoms with Crippen molar-refractivity contribution in [3.05, 3.63) is 65.0 Å². The molecule has 4 aromatic rings. The number of benzene rings is 1. The van der Waals surface area contributed by atoms with Gasteiger partial charge in [-0.2, -0.15) is 0 Å². The normalized spacial score (nSPS) is 11.2. The fraction of sp³-hybridized carbons (Fsp3) is 0.176. The van der Waals surface area contributed by atoms with Gasteiger partial charge in [-0.05, 0) is 24.3 Å². The summed E-state index contributed by atoms with van der Waals surface area (Å²) >= 11 is 0. The lowest BCUT2D eigenvalue weighted by Crippen LogP contribution is -2.32. The summed E-state index contributed by atoms with van der Waals surface area (Å²) in [6.45, 7) is 0.195. The number of hydrogen-bond acceptors (Lipinski definition) is 4. The first kappa shape index (κ1) is 15.1. The van der Waals surface area contributed by atoms with Crippen LogP contribution in [0.4, 0.5) is 0 Å². The third-order valence-electron chi connectivity index (χ3n) is 4.18. The number of amides is 1. The summed E-state index contributed by atoms with van der Waals surface area (Å²) in [6, 6.07) is 13.0. The molecule has 3 heterocycles. The Morgan fingerprint density at radius 3 is 2.68 bits per heavy atom. The van der Waals surface area contributed by atoms with Crippen LogP contribution < -0.4 is 11.0 Å². The van der Waals surface area contributed by atoms with Crippen molar-refractivity contribution in [3.63, 3.8) is 0 Å². The lowest BCUT2D eigenvalue weighted by atomic mass is 10.3. The van der Waals surface area contributed by atoms with Gasteiger partial charge in [0.05, 0.1) is 17.6 Å². The molecule has 3 aromatic heterocycles. The second-order valence-electron chi connectivity index (χ2n) is 5.74. The van der Waals surface area contributed by atoms with E-state index in [1.54, 1.807) is 7.05 Å². The number of imidazole rings is 1. The van der Waals surface area contributed by atoms with E-state index in [0.717, 1.165) is 16.7 Å². The van der Waals surface area contributed by atoms with Gasteiger partial charge in [0, 0.05) is 13.2 Å². The number of nitrogens with zero attached hydrogens (tertiary/aromatic N) is 5. The molecule has 1 aromatic carbocycles. The molecule has 4 rings (SSSR count). The zero-order valence-electron chi connectivity index (χ0n) is 13.6. The highest BCUT2D eigenvalue weighted by Gasteiger charge is 2.13. The summed E-state index contributed by atoms with van der Waals surface area (Å²) in [6.07, 6.45) is 1.84. The van der Waals surface area contributed by atoms with Crippen LogP contribution in [0.5, 0.6) is 0 Å². The van der Waals surface area contributed by atoms with Crippen LogP contribution in [0.2, 0.25) is 0 Å². The van der Waals surface area contributed by atoms with Crippen molar-refractivity contribution >= 4 is 22.6 Å². The number of nitrogens with one attached hydrogen (secondary N) is 1. The quantitative estimate of drug-likeness (QED) is 0.594. The fourth-order valence-electron chi connectivity index (χ4n) is 2.90. The molecule has 0 saturated heterocycles. The van der Waals surface area contributed by atoms with Gasteiger partial charge in [0.25, 0.3) is 0 Å². The average Bonchev–Trinajstić information content (AvgIpc) is 3.15. The lowest BCUT2D eigenvalue weighted by molar-refractivity contribution is -0.121. The third-order valence-corrected chi connectivity index (χ3v) is 4.18. The van der Waals surface area contributed by atoms with Gasteiger partial charge in [-0.25, -0.2) is 4.79 Å². The van der Waals surface area contributed by atoms with Crippen molar-refractivity contribution < 1.29 is 4.79 Å². The second kappa shape index (κ2) is 5.90. The summed E-state index contributed by atoms with van der Waals surface area (Å²) in [7, 11) is 1.70. The van der Waals surface area contributed by atoms with Gasteiger partial charge in [-0.3, -0.25) is 18.3 Å². The molecule has 0 saturated carbocycles. The van der Waals surface area contributed by atoms with E-state index >= 15 is 0 Å². The molecule has 0 radical (unpaired) electrons. The largest absolute Gasteiger partial charge is 0.347 e. The van der Waals surface area contributed by atoms with Crippen LogP contribution >= 0.6 is 0 Å². The van der Waals surface area contributed by atoms with E-state index in [2.05, 4.69) is 15.5 Å². The SMILES string of the molecule is Cn1c(=O)n(CC(=O)NCc2nnc3ccccn23)c2ccccc21. The van der Waals surface area contributed by atoms with Gasteiger partial charge in [0.1, 0.15) is 6.54 Å². The minimum Gasteiger partial charge on any atom is -0.347 e. The molecule has 0 atom stereocenters. The number of para-hydroxylation sites is 2. The van der Waals surface area contributed by atoms with Crippen molar-refractivity contribution in [2.75, 3.05) is 0 Å². The van der Waals surface area contributed by atoms with E-state index in [-0.39, 0.29) is 24.7 Å². The van der Waals surface area contributed by atoms with E-state index in [1.807, 2.05) is 53.1 Å². The highest BCUT2D eigenvalue weighted by molar-refractivity contribution is 5.80. The molecule has 0 fully saturated rings. The van der Waals surface area contributed by atoms with Crippen molar-refractivity contribution in [1.82, 2.24) is 29.0 Å². The number of carbonyl (C=O) groups is 1. The van der Waals surface area contributed by atoms with E-state index < -0.39 is 0 Å². The number of rotatable bonds is 4. The van der Waals surface area contributed by atoms with Crippen molar-refractivity contribution in [2.45, 2.75) is 13.1 Å². The lowest BCUT2D eigenvalue weighted by Gasteiger charge is -2.05. The zero-order valence-corrected chi connectivity index (χ0v) is 13.6. The van der Waals surface area contributed by atoms with Crippen LogP contribution in [-0.2, 0) is 24.9 Å². The maximum Gasteiger partial charge on any atom is 0.329 e. The van der Waals surface area contributed by atoms with Gasteiger partial charge in [0.15, 0.2) is 11.5 Å². The Morgan fingerprint density at radius 1 is 1.08 bits per heavy atom. The molecule has 0 aliphatic heterocycles. The monoisotopic (exact) mass is 336 g/mol. The Kier molecular flexibility index (Phi) is 3.57. The summed E-state index contributed by atoms with van der Waals surface area (Å²) in [5.41, 5.74) is 2.03. The molecule has 1 N–H and O–H groups in total. The first-order chi connectivity index (χ1) is 12.1.